The summed E-state index contributed by atoms with van der Waals surface area (Å²) in [7, 11) is 0. The first kappa shape index (κ1) is 18.7. The Morgan fingerprint density at radius 3 is 2.09 bits per heavy atom. The number of allylic oxidation sites excluding steroid dienone is 1. The average molecular weight is 310 g/mol. The van der Waals surface area contributed by atoms with E-state index in [1.54, 1.807) is 0 Å². The summed E-state index contributed by atoms with van der Waals surface area (Å²) >= 11 is 0. The lowest BCUT2D eigenvalue weighted by atomic mass is 9.87. The van der Waals surface area contributed by atoms with Crippen molar-refractivity contribution in [3.8, 4) is 0 Å². The summed E-state index contributed by atoms with van der Waals surface area (Å²) in [6.07, 6.45) is 0.863. The number of hydrogen-bond acceptors (Lipinski definition) is 2. The van der Waals surface area contributed by atoms with Gasteiger partial charge in [-0.2, -0.15) is 0 Å². The van der Waals surface area contributed by atoms with Crippen LogP contribution in [0.15, 0.2) is 60.2 Å². The second kappa shape index (κ2) is 9.62. The van der Waals surface area contributed by atoms with Crippen LogP contribution in [0.25, 0.3) is 5.76 Å². The van der Waals surface area contributed by atoms with Crippen molar-refractivity contribution in [1.82, 2.24) is 0 Å². The number of benzene rings is 2. The number of Topliss-reactive ketones (excluding diaryl/α,β-unsaturated/α-hetero) is 1. The second-order valence-electron chi connectivity index (χ2n) is 4.75. The summed E-state index contributed by atoms with van der Waals surface area (Å²) in [5, 5.41) is 10.3. The van der Waals surface area contributed by atoms with Gasteiger partial charge in [0.15, 0.2) is 5.78 Å². The fourth-order valence-corrected chi connectivity index (χ4v) is 2.46. The molecule has 0 bridgehead atoms. The zero-order valence-corrected chi connectivity index (χ0v) is 14.5. The van der Waals surface area contributed by atoms with Crippen molar-refractivity contribution < 1.29 is 9.90 Å². The van der Waals surface area contributed by atoms with Gasteiger partial charge in [0.05, 0.1) is 0 Å². The lowest BCUT2D eigenvalue weighted by Crippen LogP contribution is -2.17. The molecule has 1 N–H and O–H groups in total. The smallest absolute Gasteiger partial charge is 0.167 e. The monoisotopic (exact) mass is 310 g/mol. The Hall–Kier alpha value is -2.35. The van der Waals surface area contributed by atoms with E-state index in [4.69, 9.17) is 0 Å². The summed E-state index contributed by atoms with van der Waals surface area (Å²) in [5.41, 5.74) is 3.25. The van der Waals surface area contributed by atoms with E-state index >= 15 is 0 Å². The Bertz CT molecular complexity index is 655. The average Bonchev–Trinajstić information content (AvgIpc) is 2.63. The molecule has 2 aromatic carbocycles. The molecule has 2 nitrogen and oxygen atoms in total. The van der Waals surface area contributed by atoms with Crippen LogP contribution in [0.1, 0.15) is 44.4 Å². The minimum absolute atomic E-state index is 0.0139. The molecule has 1 aliphatic carbocycles. The van der Waals surface area contributed by atoms with E-state index in [0.717, 1.165) is 16.7 Å². The van der Waals surface area contributed by atoms with E-state index in [2.05, 4.69) is 0 Å². The van der Waals surface area contributed by atoms with Crippen LogP contribution in [0.2, 0.25) is 0 Å². The molecule has 23 heavy (non-hydrogen) atoms. The molecule has 0 atom stereocenters. The number of aliphatic hydroxyl groups is 1. The van der Waals surface area contributed by atoms with E-state index < -0.39 is 0 Å². The molecule has 2 heteroatoms. The fraction of sp³-hybridized carbons (Fsp3) is 0.286. The van der Waals surface area contributed by atoms with Crippen molar-refractivity contribution in [3.63, 3.8) is 0 Å². The largest absolute Gasteiger partial charge is 0.507 e. The Labute approximate surface area is 139 Å². The van der Waals surface area contributed by atoms with Crippen LogP contribution in [0, 0.1) is 0 Å². The predicted octanol–water partition coefficient (Wildman–Crippen LogP) is 5.38. The van der Waals surface area contributed by atoms with Gasteiger partial charge in [-0.1, -0.05) is 82.3 Å². The molecule has 0 saturated heterocycles. The van der Waals surface area contributed by atoms with Crippen LogP contribution in [0.5, 0.6) is 0 Å². The summed E-state index contributed by atoms with van der Waals surface area (Å²) in [5.74, 6) is 0.149. The normalized spacial score (nSPS) is 12.4. The van der Waals surface area contributed by atoms with Gasteiger partial charge < -0.3 is 5.11 Å². The van der Waals surface area contributed by atoms with Crippen LogP contribution in [-0.4, -0.2) is 10.9 Å². The second-order valence-corrected chi connectivity index (χ2v) is 4.75. The first-order chi connectivity index (χ1) is 11.3. The van der Waals surface area contributed by atoms with Gasteiger partial charge in [-0.3, -0.25) is 4.79 Å². The topological polar surface area (TPSA) is 37.3 Å². The molecule has 0 amide bonds. The third-order valence-corrected chi connectivity index (χ3v) is 3.47. The van der Waals surface area contributed by atoms with Crippen LogP contribution in [0.4, 0.5) is 0 Å². The molecule has 3 rings (SSSR count). The Morgan fingerprint density at radius 1 is 0.870 bits per heavy atom. The van der Waals surface area contributed by atoms with Gasteiger partial charge in [-0.05, 0) is 11.1 Å². The molecule has 122 valence electrons. The molecule has 0 radical (unpaired) electrons. The van der Waals surface area contributed by atoms with Gasteiger partial charge in [-0.25, -0.2) is 0 Å². The Kier molecular flexibility index (Phi) is 7.82. The standard InChI is InChI=1S/C17H14O2.2C2H6/c18-16-11-13-8-4-5-9-14(13)17(19)15(16)10-12-6-2-1-3-7-12;2*1-2/h1-9,19H,10-11H2;2*1-2H3. The highest BCUT2D eigenvalue weighted by Gasteiger charge is 2.24. The molecule has 0 saturated carbocycles. The Morgan fingerprint density at radius 2 is 1.43 bits per heavy atom. The van der Waals surface area contributed by atoms with Crippen molar-refractivity contribution in [2.24, 2.45) is 0 Å². The highest BCUT2D eigenvalue weighted by Crippen LogP contribution is 2.29. The molecule has 0 aromatic heterocycles. The van der Waals surface area contributed by atoms with E-state index in [0.29, 0.717) is 18.4 Å². The van der Waals surface area contributed by atoms with Gasteiger partial charge >= 0.3 is 0 Å². The summed E-state index contributed by atoms with van der Waals surface area (Å²) in [6.45, 7) is 8.00. The molecule has 1 aliphatic rings. The SMILES string of the molecule is CC.CC.O=C1Cc2ccccc2C(O)=C1Cc1ccccc1. The van der Waals surface area contributed by atoms with Crippen molar-refractivity contribution in [3.05, 3.63) is 76.9 Å². The zero-order chi connectivity index (χ0) is 17.2. The highest BCUT2D eigenvalue weighted by molar-refractivity contribution is 6.05. The van der Waals surface area contributed by atoms with Gasteiger partial charge in [0.25, 0.3) is 0 Å². The molecular formula is C21H26O2. The number of hydrogen-bond donors (Lipinski definition) is 1. The van der Waals surface area contributed by atoms with Crippen molar-refractivity contribution in [2.45, 2.75) is 40.5 Å². The summed E-state index contributed by atoms with van der Waals surface area (Å²) in [4.78, 5) is 12.2. The predicted molar refractivity (Wildman–Crippen MR) is 97.5 cm³/mol. The molecule has 0 unspecified atom stereocenters. The number of aliphatic hydroxyl groups excluding tert-OH is 1. The van der Waals surface area contributed by atoms with Crippen LogP contribution < -0.4 is 0 Å². The number of carbonyl (C=O) groups excluding carboxylic acids is 1. The van der Waals surface area contributed by atoms with E-state index in [1.807, 2.05) is 82.3 Å². The van der Waals surface area contributed by atoms with E-state index in [-0.39, 0.29) is 11.5 Å². The number of rotatable bonds is 2. The highest BCUT2D eigenvalue weighted by atomic mass is 16.3. The summed E-state index contributed by atoms with van der Waals surface area (Å²) in [6, 6.07) is 17.3. The minimum atomic E-state index is 0.0139. The molecule has 0 fully saturated rings. The van der Waals surface area contributed by atoms with Crippen LogP contribution in [-0.2, 0) is 17.6 Å². The van der Waals surface area contributed by atoms with E-state index in [1.165, 1.54) is 0 Å². The first-order valence-electron chi connectivity index (χ1n) is 8.33. The lowest BCUT2D eigenvalue weighted by molar-refractivity contribution is -0.115. The maximum absolute atomic E-state index is 12.2. The Balaban J connectivity index is 0.000000615. The van der Waals surface area contributed by atoms with Crippen LogP contribution in [0.3, 0.4) is 0 Å². The molecular weight excluding hydrogens is 284 g/mol. The van der Waals surface area contributed by atoms with E-state index in [9.17, 15) is 9.90 Å². The van der Waals surface area contributed by atoms with Crippen LogP contribution >= 0.6 is 0 Å². The van der Waals surface area contributed by atoms with Crippen molar-refractivity contribution in [2.75, 3.05) is 0 Å². The van der Waals surface area contributed by atoms with Gasteiger partial charge in [-0.15, -0.1) is 0 Å². The fourth-order valence-electron chi connectivity index (χ4n) is 2.46. The van der Waals surface area contributed by atoms with Gasteiger partial charge in [0, 0.05) is 24.0 Å². The summed E-state index contributed by atoms with van der Waals surface area (Å²) < 4.78 is 0. The third-order valence-electron chi connectivity index (χ3n) is 3.47. The molecule has 0 aliphatic heterocycles. The van der Waals surface area contributed by atoms with Gasteiger partial charge in [0.1, 0.15) is 5.76 Å². The van der Waals surface area contributed by atoms with Crippen molar-refractivity contribution >= 4 is 11.5 Å². The minimum Gasteiger partial charge on any atom is -0.507 e. The first-order valence-corrected chi connectivity index (χ1v) is 8.33. The number of carbonyl (C=O) groups is 1. The zero-order valence-electron chi connectivity index (χ0n) is 14.5. The molecule has 0 spiro atoms. The molecule has 2 aromatic rings. The van der Waals surface area contributed by atoms with Gasteiger partial charge in [0.2, 0.25) is 0 Å². The maximum Gasteiger partial charge on any atom is 0.167 e. The third kappa shape index (κ3) is 4.56. The quantitative estimate of drug-likeness (QED) is 0.809. The number of ketones is 1. The van der Waals surface area contributed by atoms with Crippen molar-refractivity contribution in [1.29, 1.82) is 0 Å². The lowest BCUT2D eigenvalue weighted by Gasteiger charge is -2.18. The maximum atomic E-state index is 12.2. The molecule has 0 heterocycles. The number of fused-ring (bicyclic) bond motifs is 1.